The first-order valence-corrected chi connectivity index (χ1v) is 13.8. The van der Waals surface area contributed by atoms with Crippen LogP contribution in [0.1, 0.15) is 34.7 Å². The maximum atomic E-state index is 13.1. The van der Waals surface area contributed by atoms with Gasteiger partial charge in [0, 0.05) is 32.0 Å². The number of para-hydroxylation sites is 1. The topological polar surface area (TPSA) is 117 Å². The van der Waals surface area contributed by atoms with Gasteiger partial charge < -0.3 is 10.1 Å². The quantitative estimate of drug-likeness (QED) is 0.463. The van der Waals surface area contributed by atoms with Gasteiger partial charge in [0.05, 0.1) is 15.7 Å². The Morgan fingerprint density at radius 3 is 2.38 bits per heavy atom. The highest BCUT2D eigenvalue weighted by molar-refractivity contribution is 7.87. The van der Waals surface area contributed by atoms with Gasteiger partial charge in [-0.25, -0.2) is 9.71 Å². The van der Waals surface area contributed by atoms with Gasteiger partial charge in [0.15, 0.2) is 6.73 Å². The lowest BCUT2D eigenvalue weighted by atomic mass is 9.90. The van der Waals surface area contributed by atoms with E-state index in [2.05, 4.69) is 20.0 Å². The second-order valence-corrected chi connectivity index (χ2v) is 11.3. The zero-order valence-corrected chi connectivity index (χ0v) is 22.1. The van der Waals surface area contributed by atoms with Crippen molar-refractivity contribution in [3.63, 3.8) is 0 Å². The van der Waals surface area contributed by atoms with E-state index < -0.39 is 10.2 Å². The lowest BCUT2D eigenvalue weighted by Gasteiger charge is -2.31. The first-order valence-electron chi connectivity index (χ1n) is 11.6. The molecule has 37 heavy (non-hydrogen) atoms. The number of aromatic nitrogens is 2. The van der Waals surface area contributed by atoms with Crippen molar-refractivity contribution < 1.29 is 17.9 Å². The van der Waals surface area contributed by atoms with Gasteiger partial charge in [0.25, 0.3) is 16.1 Å². The molecule has 2 aromatic carbocycles. The molecule has 1 saturated heterocycles. The summed E-state index contributed by atoms with van der Waals surface area (Å²) in [4.78, 5) is 23.0. The standard InChI is InChI=1S/C24H24Cl2N6O4S/c1-27-37(34,35)31-11-9-16(10-12-31)15-5-7-17(8-6-15)29-24-28-13-18-22(30-24)36-14-32(23(18)33)21-19(25)3-2-4-20(21)26/h2-8,13,16,27H,9-12,14H2,1H3,(H,28,29,30). The number of hydrogen-bond donors (Lipinski definition) is 2. The fraction of sp³-hybridized carbons (Fsp3) is 0.292. The molecule has 1 aromatic heterocycles. The smallest absolute Gasteiger partial charge is 0.279 e. The zero-order chi connectivity index (χ0) is 26.2. The number of fused-ring (bicyclic) bond motifs is 1. The van der Waals surface area contributed by atoms with E-state index in [4.69, 9.17) is 27.9 Å². The Kier molecular flexibility index (Phi) is 7.24. The second kappa shape index (κ2) is 10.4. The van der Waals surface area contributed by atoms with Crippen molar-refractivity contribution in [2.24, 2.45) is 0 Å². The van der Waals surface area contributed by atoms with E-state index in [0.717, 1.165) is 24.1 Å². The van der Waals surface area contributed by atoms with Gasteiger partial charge in [-0.05, 0) is 48.6 Å². The summed E-state index contributed by atoms with van der Waals surface area (Å²) in [6.45, 7) is 0.875. The third kappa shape index (κ3) is 5.23. The van der Waals surface area contributed by atoms with Crippen molar-refractivity contribution in [1.29, 1.82) is 0 Å². The van der Waals surface area contributed by atoms with Crippen molar-refractivity contribution in [1.82, 2.24) is 19.0 Å². The summed E-state index contributed by atoms with van der Waals surface area (Å²) < 4.78 is 33.5. The predicted molar refractivity (Wildman–Crippen MR) is 142 cm³/mol. The number of nitrogens with one attached hydrogen (secondary N) is 2. The van der Waals surface area contributed by atoms with Crippen LogP contribution >= 0.6 is 23.2 Å². The minimum absolute atomic E-state index is 0.0884. The van der Waals surface area contributed by atoms with Crippen LogP contribution in [0.25, 0.3) is 0 Å². The fourth-order valence-electron chi connectivity index (χ4n) is 4.45. The van der Waals surface area contributed by atoms with Gasteiger partial charge in [0.1, 0.15) is 5.56 Å². The molecule has 1 amide bonds. The third-order valence-electron chi connectivity index (χ3n) is 6.46. The van der Waals surface area contributed by atoms with Gasteiger partial charge in [0.2, 0.25) is 11.8 Å². The molecule has 3 heterocycles. The first kappa shape index (κ1) is 25.7. The highest BCUT2D eigenvalue weighted by Gasteiger charge is 2.31. The van der Waals surface area contributed by atoms with E-state index in [-0.39, 0.29) is 35.9 Å². The van der Waals surface area contributed by atoms with E-state index in [9.17, 15) is 13.2 Å². The predicted octanol–water partition coefficient (Wildman–Crippen LogP) is 4.17. The van der Waals surface area contributed by atoms with Gasteiger partial charge in [-0.3, -0.25) is 9.69 Å². The number of rotatable bonds is 6. The van der Waals surface area contributed by atoms with Crippen LogP contribution in [0.2, 0.25) is 10.0 Å². The van der Waals surface area contributed by atoms with Crippen molar-refractivity contribution >= 4 is 56.6 Å². The Morgan fingerprint density at radius 2 is 1.73 bits per heavy atom. The summed E-state index contributed by atoms with van der Waals surface area (Å²) in [6, 6.07) is 12.9. The molecule has 0 bridgehead atoms. The highest BCUT2D eigenvalue weighted by atomic mass is 35.5. The number of piperidine rings is 1. The van der Waals surface area contributed by atoms with E-state index >= 15 is 0 Å². The number of amides is 1. The Balaban J connectivity index is 1.25. The third-order valence-corrected chi connectivity index (χ3v) is 8.63. The summed E-state index contributed by atoms with van der Waals surface area (Å²) in [6.07, 6.45) is 2.91. The van der Waals surface area contributed by atoms with Crippen LogP contribution in [0, 0.1) is 0 Å². The molecule has 10 nitrogen and oxygen atoms in total. The summed E-state index contributed by atoms with van der Waals surface area (Å²) in [7, 11) is -1.96. The minimum Gasteiger partial charge on any atom is -0.455 e. The van der Waals surface area contributed by atoms with Crippen molar-refractivity contribution in [2.75, 3.05) is 37.1 Å². The Morgan fingerprint density at radius 1 is 1.05 bits per heavy atom. The molecule has 0 aliphatic carbocycles. The average Bonchev–Trinajstić information content (AvgIpc) is 2.90. The SMILES string of the molecule is CNS(=O)(=O)N1CCC(c2ccc(Nc3ncc4c(n3)OCN(c3c(Cl)cccc3Cl)C4=O)cc2)CC1. The number of anilines is 3. The molecular formula is C24H24Cl2N6O4S. The van der Waals surface area contributed by atoms with Crippen LogP contribution in [-0.4, -0.2) is 55.5 Å². The molecule has 5 rings (SSSR count). The van der Waals surface area contributed by atoms with Crippen LogP contribution in [0.5, 0.6) is 5.88 Å². The lowest BCUT2D eigenvalue weighted by molar-refractivity contribution is 0.0932. The number of benzene rings is 2. The summed E-state index contributed by atoms with van der Waals surface area (Å²) in [5, 5.41) is 3.80. The van der Waals surface area contributed by atoms with Gasteiger partial charge in [-0.2, -0.15) is 17.7 Å². The van der Waals surface area contributed by atoms with Crippen LogP contribution < -0.4 is 19.7 Å². The molecule has 2 N–H and O–H groups in total. The molecule has 194 valence electrons. The number of halogens is 2. The molecular weight excluding hydrogens is 539 g/mol. The summed E-state index contributed by atoms with van der Waals surface area (Å²) >= 11 is 12.5. The molecule has 0 spiro atoms. The second-order valence-electron chi connectivity index (χ2n) is 8.62. The van der Waals surface area contributed by atoms with Gasteiger partial charge in [-0.15, -0.1) is 0 Å². The van der Waals surface area contributed by atoms with Crippen molar-refractivity contribution in [3.05, 3.63) is 69.8 Å². The van der Waals surface area contributed by atoms with E-state index in [1.165, 1.54) is 22.4 Å². The Labute approximate surface area is 224 Å². The fourth-order valence-corrected chi connectivity index (χ4v) is 6.00. The molecule has 13 heteroatoms. The molecule has 0 saturated carbocycles. The van der Waals surface area contributed by atoms with Gasteiger partial charge in [-0.1, -0.05) is 41.4 Å². The van der Waals surface area contributed by atoms with Gasteiger partial charge >= 0.3 is 0 Å². The highest BCUT2D eigenvalue weighted by Crippen LogP contribution is 2.37. The maximum absolute atomic E-state index is 13.1. The lowest BCUT2D eigenvalue weighted by Crippen LogP contribution is -2.43. The van der Waals surface area contributed by atoms with Crippen LogP contribution in [0.15, 0.2) is 48.7 Å². The van der Waals surface area contributed by atoms with Crippen LogP contribution in [0.4, 0.5) is 17.3 Å². The van der Waals surface area contributed by atoms with E-state index in [0.29, 0.717) is 28.8 Å². The van der Waals surface area contributed by atoms with E-state index in [1.807, 2.05) is 24.3 Å². The minimum atomic E-state index is -3.39. The number of hydrogen-bond acceptors (Lipinski definition) is 7. The normalized spacial score (nSPS) is 16.8. The molecule has 0 unspecified atom stereocenters. The number of carbonyl (C=O) groups excluding carboxylic acids is 1. The average molecular weight is 563 g/mol. The number of carbonyl (C=O) groups is 1. The molecule has 0 atom stereocenters. The maximum Gasteiger partial charge on any atom is 0.279 e. The molecule has 3 aromatic rings. The van der Waals surface area contributed by atoms with E-state index in [1.54, 1.807) is 18.2 Å². The largest absolute Gasteiger partial charge is 0.455 e. The summed E-state index contributed by atoms with van der Waals surface area (Å²) in [5.41, 5.74) is 2.49. The number of nitrogens with zero attached hydrogens (tertiary/aromatic N) is 4. The summed E-state index contributed by atoms with van der Waals surface area (Å²) in [5.74, 6) is 0.378. The molecule has 1 fully saturated rings. The number of ether oxygens (including phenoxy) is 1. The van der Waals surface area contributed by atoms with Crippen molar-refractivity contribution in [2.45, 2.75) is 18.8 Å². The Hall–Kier alpha value is -2.96. The van der Waals surface area contributed by atoms with Crippen LogP contribution in [-0.2, 0) is 10.2 Å². The first-order chi connectivity index (χ1) is 17.8. The van der Waals surface area contributed by atoms with Crippen LogP contribution in [0.3, 0.4) is 0 Å². The molecule has 2 aliphatic rings. The molecule has 0 radical (unpaired) electrons. The monoisotopic (exact) mass is 562 g/mol. The van der Waals surface area contributed by atoms with Crippen molar-refractivity contribution in [3.8, 4) is 5.88 Å². The zero-order valence-electron chi connectivity index (χ0n) is 19.8. The molecule has 2 aliphatic heterocycles. The Bertz CT molecular complexity index is 1410.